The fraction of sp³-hybridized carbons (Fsp3) is 0.500. The molecule has 1 amide bonds. The van der Waals surface area contributed by atoms with Crippen LogP contribution in [-0.2, 0) is 0 Å². The van der Waals surface area contributed by atoms with Crippen molar-refractivity contribution in [2.75, 3.05) is 30.8 Å². The molecule has 1 fully saturated rings. The predicted molar refractivity (Wildman–Crippen MR) is 76.8 cm³/mol. The lowest BCUT2D eigenvalue weighted by Gasteiger charge is -2.16. The summed E-state index contributed by atoms with van der Waals surface area (Å²) in [4.78, 5) is 14.1. The van der Waals surface area contributed by atoms with Crippen LogP contribution >= 0.6 is 11.6 Å². The number of alkyl halides is 1. The molecule has 1 aromatic carbocycles. The van der Waals surface area contributed by atoms with Crippen LogP contribution in [0.25, 0.3) is 0 Å². The molecule has 0 aromatic heterocycles. The Morgan fingerprint density at radius 1 is 1.42 bits per heavy atom. The standard InChI is InChI=1S/C14H19ClN2O2/c15-9-13(18)10-16-12-5-3-4-11(8-12)14(19)17-6-1-2-7-17/h3-5,8,13,16,18H,1-2,6-7,9-10H2. The Morgan fingerprint density at radius 3 is 2.84 bits per heavy atom. The molecule has 1 atom stereocenters. The van der Waals surface area contributed by atoms with Gasteiger partial charge in [0.15, 0.2) is 0 Å². The van der Waals surface area contributed by atoms with Gasteiger partial charge in [-0.3, -0.25) is 4.79 Å². The van der Waals surface area contributed by atoms with Crippen molar-refractivity contribution in [1.29, 1.82) is 0 Å². The van der Waals surface area contributed by atoms with Gasteiger partial charge in [-0.2, -0.15) is 0 Å². The van der Waals surface area contributed by atoms with E-state index < -0.39 is 6.10 Å². The Labute approximate surface area is 118 Å². The normalized spacial score (nSPS) is 16.4. The topological polar surface area (TPSA) is 52.6 Å². The van der Waals surface area contributed by atoms with Crippen molar-refractivity contribution in [3.05, 3.63) is 29.8 Å². The fourth-order valence-electron chi connectivity index (χ4n) is 2.16. The first-order valence-electron chi connectivity index (χ1n) is 6.58. The second kappa shape index (κ2) is 6.78. The van der Waals surface area contributed by atoms with Gasteiger partial charge in [0.05, 0.1) is 12.0 Å². The van der Waals surface area contributed by atoms with Crippen molar-refractivity contribution < 1.29 is 9.90 Å². The monoisotopic (exact) mass is 282 g/mol. The van der Waals surface area contributed by atoms with Crippen LogP contribution in [0.5, 0.6) is 0 Å². The number of aliphatic hydroxyl groups is 1. The molecule has 5 heteroatoms. The molecule has 1 aliphatic heterocycles. The molecule has 1 aromatic rings. The fourth-order valence-corrected chi connectivity index (χ4v) is 2.26. The van der Waals surface area contributed by atoms with Gasteiger partial charge in [-0.25, -0.2) is 0 Å². The van der Waals surface area contributed by atoms with Crippen LogP contribution in [0.2, 0.25) is 0 Å². The number of hydrogen-bond acceptors (Lipinski definition) is 3. The molecule has 1 aliphatic rings. The molecule has 1 saturated heterocycles. The summed E-state index contributed by atoms with van der Waals surface area (Å²) in [6.07, 6.45) is 1.59. The van der Waals surface area contributed by atoms with Gasteiger partial charge in [-0.15, -0.1) is 11.6 Å². The number of benzene rings is 1. The molecule has 0 aliphatic carbocycles. The van der Waals surface area contributed by atoms with Crippen LogP contribution in [-0.4, -0.2) is 47.5 Å². The number of carbonyl (C=O) groups is 1. The Kier molecular flexibility index (Phi) is 5.05. The van der Waals surface area contributed by atoms with E-state index in [9.17, 15) is 9.90 Å². The molecule has 19 heavy (non-hydrogen) atoms. The molecule has 1 heterocycles. The number of nitrogens with one attached hydrogen (secondary N) is 1. The van der Waals surface area contributed by atoms with Crippen molar-refractivity contribution >= 4 is 23.2 Å². The van der Waals surface area contributed by atoms with Gasteiger partial charge in [-0.05, 0) is 31.0 Å². The first-order valence-corrected chi connectivity index (χ1v) is 7.11. The van der Waals surface area contributed by atoms with E-state index in [1.165, 1.54) is 0 Å². The maximum absolute atomic E-state index is 12.2. The van der Waals surface area contributed by atoms with Crippen LogP contribution in [0.4, 0.5) is 5.69 Å². The predicted octanol–water partition coefficient (Wildman–Crippen LogP) is 1.93. The van der Waals surface area contributed by atoms with Gasteiger partial charge in [0, 0.05) is 30.9 Å². The highest BCUT2D eigenvalue weighted by Crippen LogP contribution is 2.16. The molecule has 104 valence electrons. The highest BCUT2D eigenvalue weighted by molar-refractivity contribution is 6.18. The zero-order valence-electron chi connectivity index (χ0n) is 10.8. The smallest absolute Gasteiger partial charge is 0.253 e. The van der Waals surface area contributed by atoms with Crippen molar-refractivity contribution in [2.45, 2.75) is 18.9 Å². The molecule has 0 radical (unpaired) electrons. The van der Waals surface area contributed by atoms with E-state index in [0.29, 0.717) is 12.1 Å². The number of anilines is 1. The van der Waals surface area contributed by atoms with Crippen molar-refractivity contribution in [2.24, 2.45) is 0 Å². The number of rotatable bonds is 5. The summed E-state index contributed by atoms with van der Waals surface area (Å²) in [5, 5.41) is 12.5. The third kappa shape index (κ3) is 3.85. The van der Waals surface area contributed by atoms with Gasteiger partial charge < -0.3 is 15.3 Å². The number of hydrogen-bond donors (Lipinski definition) is 2. The minimum Gasteiger partial charge on any atom is -0.390 e. The summed E-state index contributed by atoms with van der Waals surface area (Å²) < 4.78 is 0. The quantitative estimate of drug-likeness (QED) is 0.812. The summed E-state index contributed by atoms with van der Waals surface area (Å²) in [6.45, 7) is 2.08. The highest BCUT2D eigenvalue weighted by atomic mass is 35.5. The Bertz CT molecular complexity index is 433. The van der Waals surface area contributed by atoms with E-state index >= 15 is 0 Å². The first kappa shape index (κ1) is 14.2. The largest absolute Gasteiger partial charge is 0.390 e. The molecule has 2 rings (SSSR count). The second-order valence-corrected chi connectivity index (χ2v) is 5.08. The number of carbonyl (C=O) groups excluding carboxylic acids is 1. The minimum atomic E-state index is -0.584. The maximum atomic E-state index is 12.2. The lowest BCUT2D eigenvalue weighted by molar-refractivity contribution is 0.0793. The number of amides is 1. The zero-order chi connectivity index (χ0) is 13.7. The van der Waals surface area contributed by atoms with E-state index in [2.05, 4.69) is 5.32 Å². The third-order valence-electron chi connectivity index (χ3n) is 3.22. The molecule has 0 saturated carbocycles. The average molecular weight is 283 g/mol. The zero-order valence-corrected chi connectivity index (χ0v) is 11.6. The lowest BCUT2D eigenvalue weighted by Crippen LogP contribution is -2.27. The minimum absolute atomic E-state index is 0.0824. The molecule has 1 unspecified atom stereocenters. The van der Waals surface area contributed by atoms with E-state index in [1.54, 1.807) is 0 Å². The van der Waals surface area contributed by atoms with Gasteiger partial charge in [-0.1, -0.05) is 6.07 Å². The van der Waals surface area contributed by atoms with Crippen LogP contribution in [0, 0.1) is 0 Å². The maximum Gasteiger partial charge on any atom is 0.253 e. The molecule has 0 spiro atoms. The summed E-state index contributed by atoms with van der Waals surface area (Å²) in [6, 6.07) is 7.37. The van der Waals surface area contributed by atoms with Crippen LogP contribution in [0.3, 0.4) is 0 Å². The molecule has 0 bridgehead atoms. The van der Waals surface area contributed by atoms with E-state index in [1.807, 2.05) is 29.2 Å². The highest BCUT2D eigenvalue weighted by Gasteiger charge is 2.19. The van der Waals surface area contributed by atoms with Crippen molar-refractivity contribution in [1.82, 2.24) is 4.90 Å². The van der Waals surface area contributed by atoms with Crippen LogP contribution < -0.4 is 5.32 Å². The molecule has 2 N–H and O–H groups in total. The van der Waals surface area contributed by atoms with E-state index in [0.717, 1.165) is 31.6 Å². The molecular weight excluding hydrogens is 264 g/mol. The summed E-state index contributed by atoms with van der Waals surface area (Å²) in [7, 11) is 0. The number of likely N-dealkylation sites (tertiary alicyclic amines) is 1. The van der Waals surface area contributed by atoms with Gasteiger partial charge in [0.25, 0.3) is 5.91 Å². The van der Waals surface area contributed by atoms with Gasteiger partial charge in [0.2, 0.25) is 0 Å². The lowest BCUT2D eigenvalue weighted by atomic mass is 10.1. The number of aliphatic hydroxyl groups excluding tert-OH is 1. The summed E-state index contributed by atoms with van der Waals surface area (Å²) in [5.74, 6) is 0.276. The Hall–Kier alpha value is -1.26. The van der Waals surface area contributed by atoms with Crippen molar-refractivity contribution in [3.8, 4) is 0 Å². The Morgan fingerprint density at radius 2 is 2.16 bits per heavy atom. The summed E-state index contributed by atoms with van der Waals surface area (Å²) in [5.41, 5.74) is 1.52. The Balaban J connectivity index is 1.99. The van der Waals surface area contributed by atoms with Crippen molar-refractivity contribution in [3.63, 3.8) is 0 Å². The first-order chi connectivity index (χ1) is 9.20. The molecular formula is C14H19ClN2O2. The average Bonchev–Trinajstić information content (AvgIpc) is 2.98. The number of nitrogens with zero attached hydrogens (tertiary/aromatic N) is 1. The SMILES string of the molecule is O=C(c1cccc(NCC(O)CCl)c1)N1CCCC1. The number of halogens is 1. The second-order valence-electron chi connectivity index (χ2n) is 4.77. The van der Waals surface area contributed by atoms with E-state index in [-0.39, 0.29) is 11.8 Å². The van der Waals surface area contributed by atoms with Gasteiger partial charge >= 0.3 is 0 Å². The summed E-state index contributed by atoms with van der Waals surface area (Å²) >= 11 is 5.54. The van der Waals surface area contributed by atoms with Crippen LogP contribution in [0.15, 0.2) is 24.3 Å². The van der Waals surface area contributed by atoms with Gasteiger partial charge in [0.1, 0.15) is 0 Å². The molecule has 4 nitrogen and oxygen atoms in total. The van der Waals surface area contributed by atoms with Crippen LogP contribution in [0.1, 0.15) is 23.2 Å². The third-order valence-corrected chi connectivity index (χ3v) is 3.58. The van der Waals surface area contributed by atoms with E-state index in [4.69, 9.17) is 11.6 Å².